The molecule has 0 heterocycles. The maximum absolute atomic E-state index is 12.1. The smallest absolute Gasteiger partial charge is 0.412 e. The maximum Gasteiger partial charge on any atom is 0.412 e. The normalized spacial score (nSPS) is 22.4. The van der Waals surface area contributed by atoms with Crippen LogP contribution in [-0.2, 0) is 4.74 Å². The second kappa shape index (κ2) is 6.04. The highest BCUT2D eigenvalue weighted by Crippen LogP contribution is 2.65. The molecule has 2 rings (SSSR count). The lowest BCUT2D eigenvalue weighted by Gasteiger charge is -2.21. The lowest BCUT2D eigenvalue weighted by atomic mass is 10.0. The highest BCUT2D eigenvalue weighted by molar-refractivity contribution is 5.86. The van der Waals surface area contributed by atoms with Gasteiger partial charge in [-0.2, -0.15) is 0 Å². The van der Waals surface area contributed by atoms with Crippen molar-refractivity contribution in [3.8, 4) is 5.75 Å². The Labute approximate surface area is 138 Å². The lowest BCUT2D eigenvalue weighted by molar-refractivity contribution is 0.0635. The third-order valence-electron chi connectivity index (χ3n) is 4.54. The van der Waals surface area contributed by atoms with E-state index in [0.717, 1.165) is 11.3 Å². The van der Waals surface area contributed by atoms with Crippen LogP contribution in [0.3, 0.4) is 0 Å². The van der Waals surface area contributed by atoms with Crippen LogP contribution in [-0.4, -0.2) is 25.3 Å². The molecule has 5 heteroatoms. The van der Waals surface area contributed by atoms with E-state index in [9.17, 15) is 4.79 Å². The average molecular weight is 320 g/mol. The van der Waals surface area contributed by atoms with Crippen LogP contribution in [0.15, 0.2) is 18.2 Å². The summed E-state index contributed by atoms with van der Waals surface area (Å²) < 4.78 is 10.6. The molecule has 0 spiro atoms. The molecule has 1 aromatic carbocycles. The van der Waals surface area contributed by atoms with Crippen molar-refractivity contribution in [3.63, 3.8) is 0 Å². The van der Waals surface area contributed by atoms with Crippen molar-refractivity contribution in [1.82, 2.24) is 0 Å². The van der Waals surface area contributed by atoms with Gasteiger partial charge in [0.25, 0.3) is 0 Å². The van der Waals surface area contributed by atoms with E-state index in [-0.39, 0.29) is 5.41 Å². The Kier molecular flexibility index (Phi) is 4.62. The van der Waals surface area contributed by atoms with Gasteiger partial charge in [0.15, 0.2) is 0 Å². The van der Waals surface area contributed by atoms with Gasteiger partial charge in [-0.05, 0) is 56.2 Å². The molecular formula is C18H28N2O3. The van der Waals surface area contributed by atoms with Crippen LogP contribution < -0.4 is 15.8 Å². The van der Waals surface area contributed by atoms with Gasteiger partial charge in [0, 0.05) is 6.07 Å². The minimum atomic E-state index is -0.540. The predicted octanol–water partition coefficient (Wildman–Crippen LogP) is 3.74. The number of ether oxygens (including phenoxy) is 2. The maximum atomic E-state index is 12.1. The molecule has 1 saturated carbocycles. The van der Waals surface area contributed by atoms with Gasteiger partial charge < -0.3 is 15.2 Å². The van der Waals surface area contributed by atoms with Gasteiger partial charge in [0.1, 0.15) is 11.4 Å². The van der Waals surface area contributed by atoms with E-state index in [4.69, 9.17) is 15.2 Å². The van der Waals surface area contributed by atoms with Gasteiger partial charge in [-0.3, -0.25) is 5.32 Å². The molecular weight excluding hydrogens is 292 g/mol. The highest BCUT2D eigenvalue weighted by Gasteiger charge is 2.57. The standard InChI is InChI=1S/C18H28N2O3/c1-17(2,3)23-16(21)20-14-9-11(22-6)7-8-12(14)15-13(10-19)18(15,4)5/h7-9,13,15H,10,19H2,1-6H3,(H,20,21)/t13-,15-/m0/s1. The number of rotatable bonds is 4. The van der Waals surface area contributed by atoms with Crippen molar-refractivity contribution in [2.24, 2.45) is 17.1 Å². The molecule has 23 heavy (non-hydrogen) atoms. The van der Waals surface area contributed by atoms with Crippen molar-refractivity contribution >= 4 is 11.8 Å². The van der Waals surface area contributed by atoms with E-state index in [2.05, 4.69) is 19.2 Å². The Hall–Kier alpha value is -1.75. The summed E-state index contributed by atoms with van der Waals surface area (Å²) in [5.41, 5.74) is 7.29. The van der Waals surface area contributed by atoms with E-state index in [1.165, 1.54) is 0 Å². The molecule has 0 saturated heterocycles. The zero-order valence-electron chi connectivity index (χ0n) is 14.9. The molecule has 128 valence electrons. The van der Waals surface area contributed by atoms with Crippen molar-refractivity contribution in [3.05, 3.63) is 23.8 Å². The van der Waals surface area contributed by atoms with E-state index in [1.54, 1.807) is 7.11 Å². The number of hydrogen-bond donors (Lipinski definition) is 2. The molecule has 1 aliphatic carbocycles. The summed E-state index contributed by atoms with van der Waals surface area (Å²) >= 11 is 0. The number of benzene rings is 1. The molecule has 0 bridgehead atoms. The number of nitrogens with two attached hydrogens (primary N) is 1. The third-order valence-corrected chi connectivity index (χ3v) is 4.54. The van der Waals surface area contributed by atoms with Crippen LogP contribution in [0.4, 0.5) is 10.5 Å². The van der Waals surface area contributed by atoms with Gasteiger partial charge >= 0.3 is 6.09 Å². The Balaban J connectivity index is 2.28. The molecule has 1 fully saturated rings. The largest absolute Gasteiger partial charge is 0.497 e. The number of anilines is 1. The number of hydrogen-bond acceptors (Lipinski definition) is 4. The summed E-state index contributed by atoms with van der Waals surface area (Å²) in [6.45, 7) is 10.6. The predicted molar refractivity (Wildman–Crippen MR) is 91.9 cm³/mol. The van der Waals surface area contributed by atoms with Gasteiger partial charge in [0.05, 0.1) is 12.8 Å². The summed E-state index contributed by atoms with van der Waals surface area (Å²) in [4.78, 5) is 12.1. The van der Waals surface area contributed by atoms with Crippen LogP contribution in [0.2, 0.25) is 0 Å². The molecule has 1 amide bonds. The van der Waals surface area contributed by atoms with E-state index in [0.29, 0.717) is 24.1 Å². The SMILES string of the molecule is COc1ccc([C@H]2[C@H](CN)C2(C)C)c(NC(=O)OC(C)(C)C)c1. The van der Waals surface area contributed by atoms with Crippen molar-refractivity contribution in [1.29, 1.82) is 0 Å². The quantitative estimate of drug-likeness (QED) is 0.886. The third kappa shape index (κ3) is 3.78. The first-order valence-electron chi connectivity index (χ1n) is 7.98. The molecule has 0 unspecified atom stereocenters. The summed E-state index contributed by atoms with van der Waals surface area (Å²) in [5, 5.41) is 2.86. The van der Waals surface area contributed by atoms with Gasteiger partial charge in [-0.25, -0.2) is 4.79 Å². The van der Waals surface area contributed by atoms with Crippen molar-refractivity contribution in [2.45, 2.75) is 46.1 Å². The number of carbonyl (C=O) groups is 1. The summed E-state index contributed by atoms with van der Waals surface area (Å²) in [6.07, 6.45) is -0.463. The van der Waals surface area contributed by atoms with Crippen LogP contribution in [0.25, 0.3) is 0 Å². The average Bonchev–Trinajstić information content (AvgIpc) is 2.97. The first-order chi connectivity index (χ1) is 10.6. The molecule has 3 N–H and O–H groups in total. The van der Waals surface area contributed by atoms with E-state index < -0.39 is 11.7 Å². The van der Waals surface area contributed by atoms with E-state index >= 15 is 0 Å². The van der Waals surface area contributed by atoms with E-state index in [1.807, 2.05) is 39.0 Å². The first kappa shape index (κ1) is 17.6. The second-order valence-corrected chi connectivity index (χ2v) is 7.72. The topological polar surface area (TPSA) is 73.6 Å². The molecule has 0 radical (unpaired) electrons. The molecule has 0 aliphatic heterocycles. The number of nitrogens with one attached hydrogen (secondary N) is 1. The minimum Gasteiger partial charge on any atom is -0.497 e. The number of carbonyl (C=O) groups excluding carboxylic acids is 1. The molecule has 1 aromatic rings. The Morgan fingerprint density at radius 3 is 2.48 bits per heavy atom. The Bertz CT molecular complexity index is 590. The fourth-order valence-corrected chi connectivity index (χ4v) is 3.26. The molecule has 2 atom stereocenters. The van der Waals surface area contributed by atoms with Crippen LogP contribution in [0, 0.1) is 11.3 Å². The van der Waals surface area contributed by atoms with Crippen molar-refractivity contribution in [2.75, 3.05) is 19.0 Å². The van der Waals surface area contributed by atoms with Crippen LogP contribution in [0.1, 0.15) is 46.1 Å². The van der Waals surface area contributed by atoms with Crippen LogP contribution in [0.5, 0.6) is 5.75 Å². The number of amides is 1. The monoisotopic (exact) mass is 320 g/mol. The van der Waals surface area contributed by atoms with Gasteiger partial charge in [0.2, 0.25) is 0 Å². The Morgan fingerprint density at radius 1 is 1.35 bits per heavy atom. The van der Waals surface area contributed by atoms with Gasteiger partial charge in [-0.1, -0.05) is 19.9 Å². The lowest BCUT2D eigenvalue weighted by Crippen LogP contribution is -2.27. The summed E-state index contributed by atoms with van der Waals surface area (Å²) in [7, 11) is 1.61. The highest BCUT2D eigenvalue weighted by atomic mass is 16.6. The summed E-state index contributed by atoms with van der Waals surface area (Å²) in [5.74, 6) is 1.43. The van der Waals surface area contributed by atoms with Crippen LogP contribution >= 0.6 is 0 Å². The minimum absolute atomic E-state index is 0.133. The fraction of sp³-hybridized carbons (Fsp3) is 0.611. The van der Waals surface area contributed by atoms with Gasteiger partial charge in [-0.15, -0.1) is 0 Å². The fourth-order valence-electron chi connectivity index (χ4n) is 3.26. The zero-order valence-corrected chi connectivity index (χ0v) is 14.9. The summed E-state index contributed by atoms with van der Waals surface area (Å²) in [6, 6.07) is 5.76. The molecule has 1 aliphatic rings. The Morgan fingerprint density at radius 2 is 2.00 bits per heavy atom. The van der Waals surface area contributed by atoms with Crippen molar-refractivity contribution < 1.29 is 14.3 Å². The first-order valence-corrected chi connectivity index (χ1v) is 7.98. The molecule has 0 aromatic heterocycles. The molecule has 5 nitrogen and oxygen atoms in total. The number of methoxy groups -OCH3 is 1. The second-order valence-electron chi connectivity index (χ2n) is 7.72. The zero-order chi connectivity index (χ0) is 17.4.